The molecule has 8 heteroatoms. The van der Waals surface area contributed by atoms with Crippen LogP contribution in [0.1, 0.15) is 22.3 Å². The summed E-state index contributed by atoms with van der Waals surface area (Å²) in [6.45, 7) is 3.28. The summed E-state index contributed by atoms with van der Waals surface area (Å²) in [5.41, 5.74) is 3.48. The Kier molecular flexibility index (Phi) is 4.85. The molecule has 0 radical (unpaired) electrons. The van der Waals surface area contributed by atoms with Crippen LogP contribution in [0.3, 0.4) is 0 Å². The van der Waals surface area contributed by atoms with Crippen LogP contribution in [0.25, 0.3) is 16.2 Å². The van der Waals surface area contributed by atoms with Gasteiger partial charge in [0.25, 0.3) is 5.91 Å². The van der Waals surface area contributed by atoms with Crippen LogP contribution in [0.4, 0.5) is 15.8 Å². The SMILES string of the molecule is CC(=O)Nc1cccc(NC(=O)c2sc3nc(-c4ccc(F)cc4)cn3c2C)c1. The number of carbonyl (C=O) groups excluding carboxylic acids is 2. The van der Waals surface area contributed by atoms with Crippen molar-refractivity contribution >= 4 is 39.5 Å². The molecule has 0 saturated carbocycles. The van der Waals surface area contributed by atoms with E-state index in [1.807, 2.05) is 17.5 Å². The number of anilines is 2. The predicted molar refractivity (Wildman–Crippen MR) is 112 cm³/mol. The summed E-state index contributed by atoms with van der Waals surface area (Å²) in [6.07, 6.45) is 1.84. The van der Waals surface area contributed by atoms with Gasteiger partial charge in [-0.25, -0.2) is 9.37 Å². The number of nitrogens with zero attached hydrogens (tertiary/aromatic N) is 2. The smallest absolute Gasteiger partial charge is 0.267 e. The number of amides is 2. The van der Waals surface area contributed by atoms with Gasteiger partial charge in [-0.05, 0) is 49.4 Å². The molecule has 0 bridgehead atoms. The summed E-state index contributed by atoms with van der Waals surface area (Å²) in [5.74, 6) is -0.727. The Bertz CT molecular complexity index is 1230. The number of hydrogen-bond acceptors (Lipinski definition) is 4. The topological polar surface area (TPSA) is 75.5 Å². The van der Waals surface area contributed by atoms with Crippen molar-refractivity contribution in [1.29, 1.82) is 0 Å². The minimum absolute atomic E-state index is 0.180. The molecule has 0 atom stereocenters. The molecule has 6 nitrogen and oxygen atoms in total. The van der Waals surface area contributed by atoms with Crippen LogP contribution in [0.2, 0.25) is 0 Å². The number of hydrogen-bond donors (Lipinski definition) is 2. The van der Waals surface area contributed by atoms with Gasteiger partial charge in [0.15, 0.2) is 4.96 Å². The highest BCUT2D eigenvalue weighted by Crippen LogP contribution is 2.28. The van der Waals surface area contributed by atoms with Gasteiger partial charge in [-0.3, -0.25) is 14.0 Å². The second-order valence-corrected chi connectivity index (χ2v) is 7.50. The Balaban J connectivity index is 1.58. The van der Waals surface area contributed by atoms with Gasteiger partial charge in [-0.2, -0.15) is 0 Å². The molecule has 2 heterocycles. The molecule has 2 aromatic heterocycles. The van der Waals surface area contributed by atoms with Crippen LogP contribution in [-0.2, 0) is 4.79 Å². The maximum Gasteiger partial charge on any atom is 0.267 e. The summed E-state index contributed by atoms with van der Waals surface area (Å²) >= 11 is 1.28. The van der Waals surface area contributed by atoms with Crippen LogP contribution >= 0.6 is 11.3 Å². The number of rotatable bonds is 4. The minimum Gasteiger partial charge on any atom is -0.326 e. The number of halogens is 1. The van der Waals surface area contributed by atoms with Gasteiger partial charge in [-0.1, -0.05) is 17.4 Å². The molecule has 0 aliphatic carbocycles. The molecule has 2 aromatic carbocycles. The predicted octanol–water partition coefficient (Wildman–Crippen LogP) is 4.72. The van der Waals surface area contributed by atoms with Crippen molar-refractivity contribution in [2.24, 2.45) is 0 Å². The lowest BCUT2D eigenvalue weighted by Crippen LogP contribution is -2.12. The summed E-state index contributed by atoms with van der Waals surface area (Å²) in [7, 11) is 0. The number of aromatic nitrogens is 2. The summed E-state index contributed by atoms with van der Waals surface area (Å²) < 4.78 is 15.0. The van der Waals surface area contributed by atoms with Gasteiger partial charge in [0, 0.05) is 35.8 Å². The maximum absolute atomic E-state index is 13.1. The Hall–Kier alpha value is -3.52. The standard InChI is InChI=1S/C21H17FN4O2S/c1-12-19(20(28)24-17-5-3-4-16(10-17)23-13(2)27)29-21-25-18(11-26(12)21)14-6-8-15(22)9-7-14/h3-11H,1-2H3,(H,23,27)(H,24,28). The van der Waals surface area contributed by atoms with E-state index >= 15 is 0 Å². The zero-order valence-corrected chi connectivity index (χ0v) is 16.5. The quantitative estimate of drug-likeness (QED) is 0.513. The Morgan fingerprint density at radius 2 is 1.76 bits per heavy atom. The Morgan fingerprint density at radius 3 is 2.41 bits per heavy atom. The van der Waals surface area contributed by atoms with Crippen LogP contribution < -0.4 is 10.6 Å². The fraction of sp³-hybridized carbons (Fsp3) is 0.0952. The average Bonchev–Trinajstić information content (AvgIpc) is 3.22. The first-order valence-corrected chi connectivity index (χ1v) is 9.66. The first-order valence-electron chi connectivity index (χ1n) is 8.84. The van der Waals surface area contributed by atoms with Crippen molar-refractivity contribution in [3.05, 3.63) is 71.1 Å². The zero-order chi connectivity index (χ0) is 20.5. The summed E-state index contributed by atoms with van der Waals surface area (Å²) in [4.78, 5) is 29.7. The van der Waals surface area contributed by atoms with E-state index in [0.717, 1.165) is 11.3 Å². The van der Waals surface area contributed by atoms with Gasteiger partial charge < -0.3 is 10.6 Å². The lowest BCUT2D eigenvalue weighted by atomic mass is 10.2. The van der Waals surface area contributed by atoms with Gasteiger partial charge in [-0.15, -0.1) is 0 Å². The zero-order valence-electron chi connectivity index (χ0n) is 15.7. The Morgan fingerprint density at radius 1 is 1.07 bits per heavy atom. The normalized spacial score (nSPS) is 10.9. The van der Waals surface area contributed by atoms with Crippen molar-refractivity contribution in [1.82, 2.24) is 9.38 Å². The molecule has 0 saturated heterocycles. The molecule has 0 aliphatic rings. The maximum atomic E-state index is 13.1. The second kappa shape index (κ2) is 7.48. The average molecular weight is 408 g/mol. The lowest BCUT2D eigenvalue weighted by molar-refractivity contribution is -0.114. The van der Waals surface area contributed by atoms with E-state index in [4.69, 9.17) is 0 Å². The van der Waals surface area contributed by atoms with Crippen molar-refractivity contribution in [2.75, 3.05) is 10.6 Å². The highest BCUT2D eigenvalue weighted by atomic mass is 32.1. The molecular weight excluding hydrogens is 391 g/mol. The highest BCUT2D eigenvalue weighted by Gasteiger charge is 2.18. The van der Waals surface area contributed by atoms with Crippen LogP contribution in [-0.4, -0.2) is 21.2 Å². The monoisotopic (exact) mass is 408 g/mol. The number of nitrogens with one attached hydrogen (secondary N) is 2. The van der Waals surface area contributed by atoms with E-state index in [2.05, 4.69) is 15.6 Å². The van der Waals surface area contributed by atoms with Crippen LogP contribution in [0.5, 0.6) is 0 Å². The molecule has 4 rings (SSSR count). The van der Waals surface area contributed by atoms with Crippen molar-refractivity contribution in [3.63, 3.8) is 0 Å². The third kappa shape index (κ3) is 3.88. The molecule has 29 heavy (non-hydrogen) atoms. The molecule has 0 fully saturated rings. The van der Waals surface area contributed by atoms with E-state index in [0.29, 0.717) is 26.9 Å². The molecular formula is C21H17FN4O2S. The largest absolute Gasteiger partial charge is 0.326 e. The van der Waals surface area contributed by atoms with Gasteiger partial charge in [0.1, 0.15) is 10.7 Å². The van der Waals surface area contributed by atoms with Crippen LogP contribution in [0.15, 0.2) is 54.7 Å². The molecule has 2 N–H and O–H groups in total. The number of imidazole rings is 1. The number of aryl methyl sites for hydroxylation is 1. The van der Waals surface area contributed by atoms with E-state index in [9.17, 15) is 14.0 Å². The van der Waals surface area contributed by atoms with E-state index in [1.54, 1.807) is 36.4 Å². The van der Waals surface area contributed by atoms with Crippen LogP contribution in [0, 0.1) is 12.7 Å². The van der Waals surface area contributed by atoms with Gasteiger partial charge >= 0.3 is 0 Å². The molecule has 146 valence electrons. The Labute approximate surface area is 170 Å². The van der Waals surface area contributed by atoms with Crippen molar-refractivity contribution in [3.8, 4) is 11.3 Å². The molecule has 0 spiro atoms. The summed E-state index contributed by atoms with van der Waals surface area (Å²) in [6, 6.07) is 13.1. The van der Waals surface area contributed by atoms with Crippen molar-refractivity contribution in [2.45, 2.75) is 13.8 Å². The van der Waals surface area contributed by atoms with E-state index in [1.165, 1.54) is 30.4 Å². The number of fused-ring (bicyclic) bond motifs is 1. The molecule has 4 aromatic rings. The second-order valence-electron chi connectivity index (χ2n) is 6.52. The lowest BCUT2D eigenvalue weighted by Gasteiger charge is -2.07. The third-order valence-electron chi connectivity index (χ3n) is 4.34. The molecule has 0 unspecified atom stereocenters. The third-order valence-corrected chi connectivity index (χ3v) is 5.50. The number of thiazole rings is 1. The number of benzene rings is 2. The van der Waals surface area contributed by atoms with E-state index < -0.39 is 0 Å². The van der Waals surface area contributed by atoms with Gasteiger partial charge in [0.05, 0.1) is 5.69 Å². The number of carbonyl (C=O) groups is 2. The first-order chi connectivity index (χ1) is 13.9. The fourth-order valence-electron chi connectivity index (χ4n) is 2.99. The molecule has 0 aliphatic heterocycles. The van der Waals surface area contributed by atoms with Gasteiger partial charge in [0.2, 0.25) is 5.91 Å². The van der Waals surface area contributed by atoms with E-state index in [-0.39, 0.29) is 17.6 Å². The highest BCUT2D eigenvalue weighted by molar-refractivity contribution is 7.19. The first kappa shape index (κ1) is 18.8. The minimum atomic E-state index is -0.299. The van der Waals surface area contributed by atoms with Crippen molar-refractivity contribution < 1.29 is 14.0 Å². The molecule has 2 amide bonds. The summed E-state index contributed by atoms with van der Waals surface area (Å²) in [5, 5.41) is 5.54. The fourth-order valence-corrected chi connectivity index (χ4v) is 3.99.